The fourth-order valence-corrected chi connectivity index (χ4v) is 2.58. The lowest BCUT2D eigenvalue weighted by Gasteiger charge is -2.13. The van der Waals surface area contributed by atoms with E-state index in [4.69, 9.17) is 4.74 Å². The highest BCUT2D eigenvalue weighted by Gasteiger charge is 2.15. The van der Waals surface area contributed by atoms with Crippen molar-refractivity contribution in [3.8, 4) is 5.75 Å². The van der Waals surface area contributed by atoms with Crippen LogP contribution in [0.5, 0.6) is 5.75 Å². The van der Waals surface area contributed by atoms with Gasteiger partial charge in [-0.3, -0.25) is 9.59 Å². The van der Waals surface area contributed by atoms with Crippen molar-refractivity contribution in [1.82, 2.24) is 4.31 Å². The number of carbonyl (C=O) groups is 2. The molecular weight excluding hydrogens is 382 g/mol. The van der Waals surface area contributed by atoms with Gasteiger partial charge in [0.1, 0.15) is 5.75 Å². The van der Waals surface area contributed by atoms with Crippen molar-refractivity contribution in [3.63, 3.8) is 0 Å². The van der Waals surface area contributed by atoms with Gasteiger partial charge in [-0.2, -0.15) is 4.31 Å². The van der Waals surface area contributed by atoms with Crippen LogP contribution in [0, 0.1) is 0 Å². The van der Waals surface area contributed by atoms with Gasteiger partial charge in [0, 0.05) is 24.0 Å². The Bertz CT molecular complexity index is 925. The van der Waals surface area contributed by atoms with Crippen LogP contribution in [0.4, 0.5) is 11.4 Å². The lowest BCUT2D eigenvalue weighted by Crippen LogP contribution is -2.34. The van der Waals surface area contributed by atoms with Gasteiger partial charge < -0.3 is 15.4 Å². The molecule has 150 valence electrons. The molecule has 2 aromatic carbocycles. The number of anilines is 2. The molecule has 2 amide bonds. The highest BCUT2D eigenvalue weighted by Crippen LogP contribution is 2.17. The Labute approximate surface area is 164 Å². The minimum absolute atomic E-state index is 0.293. The van der Waals surface area contributed by atoms with E-state index in [9.17, 15) is 18.0 Å². The minimum Gasteiger partial charge on any atom is -0.494 e. The maximum Gasteiger partial charge on any atom is 0.255 e. The number of rotatable bonds is 8. The second-order valence-corrected chi connectivity index (χ2v) is 8.15. The summed E-state index contributed by atoms with van der Waals surface area (Å²) in [4.78, 5) is 24.2. The lowest BCUT2D eigenvalue weighted by molar-refractivity contribution is -0.116. The zero-order valence-electron chi connectivity index (χ0n) is 15.9. The molecule has 0 aliphatic rings. The molecule has 2 rings (SSSR count). The Morgan fingerprint density at radius 3 is 2.04 bits per heavy atom. The third kappa shape index (κ3) is 6.36. The largest absolute Gasteiger partial charge is 0.494 e. The molecule has 0 fully saturated rings. The van der Waals surface area contributed by atoms with E-state index in [2.05, 4.69) is 10.6 Å². The fraction of sp³-hybridized carbons (Fsp3) is 0.263. The van der Waals surface area contributed by atoms with Crippen molar-refractivity contribution in [2.75, 3.05) is 37.1 Å². The summed E-state index contributed by atoms with van der Waals surface area (Å²) in [6, 6.07) is 13.3. The molecule has 0 aromatic heterocycles. The van der Waals surface area contributed by atoms with Crippen molar-refractivity contribution in [2.24, 2.45) is 0 Å². The zero-order valence-corrected chi connectivity index (χ0v) is 16.7. The van der Waals surface area contributed by atoms with Crippen molar-refractivity contribution in [1.29, 1.82) is 0 Å². The Morgan fingerprint density at radius 1 is 0.964 bits per heavy atom. The predicted molar refractivity (Wildman–Crippen MR) is 108 cm³/mol. The first-order valence-corrected chi connectivity index (χ1v) is 10.4. The van der Waals surface area contributed by atoms with Crippen LogP contribution in [0.1, 0.15) is 17.3 Å². The molecule has 2 N–H and O–H groups in total. The van der Waals surface area contributed by atoms with Gasteiger partial charge in [0.15, 0.2) is 0 Å². The summed E-state index contributed by atoms with van der Waals surface area (Å²) in [6.07, 6.45) is 1.03. The molecule has 0 aliphatic heterocycles. The van der Waals surface area contributed by atoms with Crippen LogP contribution < -0.4 is 15.4 Å². The number of benzene rings is 2. The van der Waals surface area contributed by atoms with E-state index in [0.29, 0.717) is 23.5 Å². The second kappa shape index (κ2) is 9.34. The molecule has 0 heterocycles. The van der Waals surface area contributed by atoms with E-state index in [-0.39, 0.29) is 12.5 Å². The summed E-state index contributed by atoms with van der Waals surface area (Å²) < 4.78 is 29.0. The Kier molecular flexibility index (Phi) is 7.13. The van der Waals surface area contributed by atoms with Crippen molar-refractivity contribution in [2.45, 2.75) is 6.92 Å². The number of amides is 2. The van der Waals surface area contributed by atoms with E-state index >= 15 is 0 Å². The maximum absolute atomic E-state index is 12.3. The average Bonchev–Trinajstić information content (AvgIpc) is 2.63. The summed E-state index contributed by atoms with van der Waals surface area (Å²) in [5.41, 5.74) is 1.51. The van der Waals surface area contributed by atoms with Crippen molar-refractivity contribution < 1.29 is 22.7 Å². The van der Waals surface area contributed by atoms with Crippen LogP contribution in [0.2, 0.25) is 0 Å². The van der Waals surface area contributed by atoms with Gasteiger partial charge in [-0.05, 0) is 55.5 Å². The highest BCUT2D eigenvalue weighted by molar-refractivity contribution is 7.88. The molecule has 2 aromatic rings. The molecule has 9 heteroatoms. The summed E-state index contributed by atoms with van der Waals surface area (Å²) in [7, 11) is -2.11. The number of hydrogen-bond acceptors (Lipinski definition) is 5. The fourth-order valence-electron chi connectivity index (χ4n) is 2.23. The van der Waals surface area contributed by atoms with Crippen LogP contribution in [-0.2, 0) is 14.8 Å². The normalized spacial score (nSPS) is 11.1. The number of ether oxygens (including phenoxy) is 1. The first kappa shape index (κ1) is 21.4. The number of nitrogens with zero attached hydrogens (tertiary/aromatic N) is 1. The first-order chi connectivity index (χ1) is 13.2. The maximum atomic E-state index is 12.3. The molecule has 0 saturated carbocycles. The summed E-state index contributed by atoms with van der Waals surface area (Å²) in [5.74, 6) is -0.0412. The quantitative estimate of drug-likeness (QED) is 0.700. The zero-order chi connectivity index (χ0) is 20.7. The lowest BCUT2D eigenvalue weighted by atomic mass is 10.2. The van der Waals surface area contributed by atoms with E-state index in [1.165, 1.54) is 7.05 Å². The molecule has 8 nitrogen and oxygen atoms in total. The third-order valence-corrected chi connectivity index (χ3v) is 5.05. The first-order valence-electron chi connectivity index (χ1n) is 8.54. The summed E-state index contributed by atoms with van der Waals surface area (Å²) in [5, 5.41) is 5.36. The highest BCUT2D eigenvalue weighted by atomic mass is 32.2. The molecule has 28 heavy (non-hydrogen) atoms. The molecule has 0 saturated heterocycles. The Balaban J connectivity index is 1.94. The molecule has 0 spiro atoms. The standard InChI is InChI=1S/C19H23N3O5S/c1-4-27-17-11-9-16(10-12-17)21-19(24)14-5-7-15(8-6-14)20-18(23)13-22(2)28(3,25)26/h5-12H,4,13H2,1-3H3,(H,20,23)(H,21,24). The van der Waals surface area contributed by atoms with Crippen LogP contribution in [0.15, 0.2) is 48.5 Å². The molecular formula is C19H23N3O5S. The van der Waals surface area contributed by atoms with Crippen LogP contribution >= 0.6 is 0 Å². The summed E-state index contributed by atoms with van der Waals surface area (Å²) in [6.45, 7) is 2.17. The smallest absolute Gasteiger partial charge is 0.255 e. The monoisotopic (exact) mass is 405 g/mol. The van der Waals surface area contributed by atoms with E-state index < -0.39 is 15.9 Å². The minimum atomic E-state index is -3.43. The van der Waals surface area contributed by atoms with E-state index in [1.807, 2.05) is 6.92 Å². The van der Waals surface area contributed by atoms with Gasteiger partial charge >= 0.3 is 0 Å². The van der Waals surface area contributed by atoms with E-state index in [0.717, 1.165) is 16.3 Å². The molecule has 0 unspecified atom stereocenters. The topological polar surface area (TPSA) is 105 Å². The Morgan fingerprint density at radius 2 is 1.50 bits per heavy atom. The third-order valence-electron chi connectivity index (χ3n) is 3.79. The van der Waals surface area contributed by atoms with E-state index in [1.54, 1.807) is 48.5 Å². The van der Waals surface area contributed by atoms with Gasteiger partial charge in [0.2, 0.25) is 15.9 Å². The van der Waals surface area contributed by atoms with Gasteiger partial charge in [-0.15, -0.1) is 0 Å². The summed E-state index contributed by atoms with van der Waals surface area (Å²) >= 11 is 0. The number of nitrogens with one attached hydrogen (secondary N) is 2. The molecule has 0 aliphatic carbocycles. The number of sulfonamides is 1. The number of likely N-dealkylation sites (N-methyl/N-ethyl adjacent to an activating group) is 1. The van der Waals surface area contributed by atoms with Crippen LogP contribution in [-0.4, -0.2) is 51.0 Å². The van der Waals surface area contributed by atoms with Gasteiger partial charge in [-0.25, -0.2) is 8.42 Å². The van der Waals surface area contributed by atoms with Gasteiger partial charge in [0.25, 0.3) is 5.91 Å². The van der Waals surface area contributed by atoms with Crippen molar-refractivity contribution in [3.05, 3.63) is 54.1 Å². The van der Waals surface area contributed by atoms with Crippen LogP contribution in [0.3, 0.4) is 0 Å². The van der Waals surface area contributed by atoms with Gasteiger partial charge in [0.05, 0.1) is 19.4 Å². The molecule has 0 radical (unpaired) electrons. The SMILES string of the molecule is CCOc1ccc(NC(=O)c2ccc(NC(=O)CN(C)S(C)(=O)=O)cc2)cc1. The number of carbonyl (C=O) groups excluding carboxylic acids is 2. The van der Waals surface area contributed by atoms with Crippen LogP contribution in [0.25, 0.3) is 0 Å². The molecule has 0 atom stereocenters. The molecule has 0 bridgehead atoms. The van der Waals surface area contributed by atoms with Gasteiger partial charge in [-0.1, -0.05) is 0 Å². The second-order valence-electron chi connectivity index (χ2n) is 6.06. The Hall–Kier alpha value is -2.91. The average molecular weight is 405 g/mol. The predicted octanol–water partition coefficient (Wildman–Crippen LogP) is 2.17. The number of hydrogen-bond donors (Lipinski definition) is 2. The van der Waals surface area contributed by atoms with Crippen molar-refractivity contribution >= 4 is 33.2 Å².